The van der Waals surface area contributed by atoms with Crippen molar-refractivity contribution in [1.82, 2.24) is 9.97 Å². The second kappa shape index (κ2) is 11.9. The minimum Gasteiger partial charge on any atom is -0.228 e. The van der Waals surface area contributed by atoms with Gasteiger partial charge in [0.05, 0.1) is 11.4 Å². The Hall–Kier alpha value is -5.94. The second-order valence-corrected chi connectivity index (χ2v) is 14.7. The molecule has 10 rings (SSSR count). The SMILES string of the molecule is c1ccc(-c2ccc(-c3cc(-c4cccc5c4sc4ccccc45)nc(-c4ccc5c(c4)sc4ccccc45)n3)c(-c3ccccc3)c2)cc1. The maximum atomic E-state index is 5.37. The molecule has 0 aliphatic carbocycles. The average Bonchev–Trinajstić information content (AvgIpc) is 3.76. The van der Waals surface area contributed by atoms with Gasteiger partial charge in [0.1, 0.15) is 0 Å². The summed E-state index contributed by atoms with van der Waals surface area (Å²) in [6.45, 7) is 0. The fraction of sp³-hybridized carbons (Fsp3) is 0. The van der Waals surface area contributed by atoms with Crippen molar-refractivity contribution in [2.45, 2.75) is 0 Å². The van der Waals surface area contributed by atoms with Gasteiger partial charge >= 0.3 is 0 Å². The number of thiophene rings is 2. The van der Waals surface area contributed by atoms with Crippen LogP contribution in [-0.4, -0.2) is 9.97 Å². The highest BCUT2D eigenvalue weighted by Gasteiger charge is 2.18. The zero-order valence-corrected chi connectivity index (χ0v) is 28.5. The van der Waals surface area contributed by atoms with Crippen LogP contribution in [0.2, 0.25) is 0 Å². The quantitative estimate of drug-likeness (QED) is 0.182. The number of aromatic nitrogens is 2. The average molecular weight is 673 g/mol. The lowest BCUT2D eigenvalue weighted by Crippen LogP contribution is -1.97. The molecule has 234 valence electrons. The maximum Gasteiger partial charge on any atom is 0.160 e. The summed E-state index contributed by atoms with van der Waals surface area (Å²) in [4.78, 5) is 10.7. The van der Waals surface area contributed by atoms with Crippen molar-refractivity contribution in [3.05, 3.63) is 170 Å². The van der Waals surface area contributed by atoms with Gasteiger partial charge in [-0.15, -0.1) is 22.7 Å². The van der Waals surface area contributed by atoms with E-state index in [0.717, 1.165) is 45.0 Å². The minimum absolute atomic E-state index is 0.723. The van der Waals surface area contributed by atoms with Crippen LogP contribution in [0.15, 0.2) is 170 Å². The summed E-state index contributed by atoms with van der Waals surface area (Å²) >= 11 is 3.65. The van der Waals surface area contributed by atoms with Crippen molar-refractivity contribution in [3.63, 3.8) is 0 Å². The predicted octanol–water partition coefficient (Wildman–Crippen LogP) is 13.5. The molecule has 0 aliphatic heterocycles. The normalized spacial score (nSPS) is 11.6. The lowest BCUT2D eigenvalue weighted by molar-refractivity contribution is 1.19. The molecule has 0 N–H and O–H groups in total. The van der Waals surface area contributed by atoms with Crippen LogP contribution < -0.4 is 0 Å². The van der Waals surface area contributed by atoms with E-state index in [4.69, 9.17) is 9.97 Å². The molecule has 0 unspecified atom stereocenters. The Bertz CT molecular complexity index is 2870. The molecular weight excluding hydrogens is 645 g/mol. The Morgan fingerprint density at radius 1 is 0.320 bits per heavy atom. The predicted molar refractivity (Wildman–Crippen MR) is 215 cm³/mol. The van der Waals surface area contributed by atoms with Gasteiger partial charge in [-0.3, -0.25) is 0 Å². The molecule has 0 aliphatic rings. The first-order valence-corrected chi connectivity index (χ1v) is 18.4. The molecule has 0 spiro atoms. The van der Waals surface area contributed by atoms with Crippen molar-refractivity contribution in [2.75, 3.05) is 0 Å². The monoisotopic (exact) mass is 672 g/mol. The Balaban J connectivity index is 1.23. The molecule has 7 aromatic carbocycles. The molecule has 0 bridgehead atoms. The number of fused-ring (bicyclic) bond motifs is 6. The van der Waals surface area contributed by atoms with E-state index < -0.39 is 0 Å². The Labute approximate surface area is 297 Å². The van der Waals surface area contributed by atoms with E-state index in [1.165, 1.54) is 51.5 Å². The van der Waals surface area contributed by atoms with Crippen LogP contribution in [0, 0.1) is 0 Å². The van der Waals surface area contributed by atoms with Gasteiger partial charge in [0.15, 0.2) is 5.82 Å². The van der Waals surface area contributed by atoms with Crippen LogP contribution in [0.1, 0.15) is 0 Å². The number of rotatable bonds is 5. The Kier molecular flexibility index (Phi) is 6.90. The molecule has 0 atom stereocenters. The van der Waals surface area contributed by atoms with Crippen LogP contribution in [0.5, 0.6) is 0 Å². The zero-order chi connectivity index (χ0) is 33.0. The number of nitrogens with zero attached hydrogens (tertiary/aromatic N) is 2. The van der Waals surface area contributed by atoms with Gasteiger partial charge in [-0.2, -0.15) is 0 Å². The third-order valence-electron chi connectivity index (χ3n) is 9.53. The van der Waals surface area contributed by atoms with Crippen molar-refractivity contribution >= 4 is 63.0 Å². The summed E-state index contributed by atoms with van der Waals surface area (Å²) in [5.41, 5.74) is 9.69. The van der Waals surface area contributed by atoms with Crippen molar-refractivity contribution in [1.29, 1.82) is 0 Å². The summed E-state index contributed by atoms with van der Waals surface area (Å²) < 4.78 is 5.05. The van der Waals surface area contributed by atoms with Gasteiger partial charge in [-0.25, -0.2) is 9.97 Å². The third kappa shape index (κ3) is 4.92. The molecule has 4 heteroatoms. The molecule has 2 nitrogen and oxygen atoms in total. The summed E-state index contributed by atoms with van der Waals surface area (Å²) in [7, 11) is 0. The molecule has 0 amide bonds. The first-order chi connectivity index (χ1) is 24.8. The van der Waals surface area contributed by atoms with E-state index >= 15 is 0 Å². The molecule has 0 saturated carbocycles. The molecule has 3 aromatic heterocycles. The highest BCUT2D eigenvalue weighted by Crippen LogP contribution is 2.42. The van der Waals surface area contributed by atoms with E-state index in [1.54, 1.807) is 0 Å². The van der Waals surface area contributed by atoms with E-state index in [9.17, 15) is 0 Å². The van der Waals surface area contributed by atoms with Gasteiger partial charge < -0.3 is 0 Å². The van der Waals surface area contributed by atoms with E-state index in [2.05, 4.69) is 170 Å². The molecule has 10 aromatic rings. The highest BCUT2D eigenvalue weighted by atomic mass is 32.1. The Morgan fingerprint density at radius 3 is 1.70 bits per heavy atom. The molecule has 0 radical (unpaired) electrons. The first-order valence-electron chi connectivity index (χ1n) is 16.7. The van der Waals surface area contributed by atoms with Crippen LogP contribution in [0.25, 0.3) is 96.5 Å². The number of benzene rings is 7. The maximum absolute atomic E-state index is 5.37. The number of hydrogen-bond donors (Lipinski definition) is 0. The van der Waals surface area contributed by atoms with Gasteiger partial charge in [0.2, 0.25) is 0 Å². The van der Waals surface area contributed by atoms with E-state index in [1.807, 2.05) is 22.7 Å². The van der Waals surface area contributed by atoms with Crippen LogP contribution >= 0.6 is 22.7 Å². The molecule has 0 fully saturated rings. The first kappa shape index (κ1) is 29.0. The lowest BCUT2D eigenvalue weighted by Gasteiger charge is -2.15. The molecule has 50 heavy (non-hydrogen) atoms. The van der Waals surface area contributed by atoms with Crippen LogP contribution in [-0.2, 0) is 0 Å². The topological polar surface area (TPSA) is 25.8 Å². The summed E-state index contributed by atoms with van der Waals surface area (Å²) in [5.74, 6) is 0.723. The fourth-order valence-corrected chi connectivity index (χ4v) is 9.47. The summed E-state index contributed by atoms with van der Waals surface area (Å²) in [5, 5.41) is 5.09. The largest absolute Gasteiger partial charge is 0.228 e. The second-order valence-electron chi connectivity index (χ2n) is 12.5. The Morgan fingerprint density at radius 2 is 0.920 bits per heavy atom. The smallest absolute Gasteiger partial charge is 0.160 e. The van der Waals surface area contributed by atoms with Crippen LogP contribution in [0.4, 0.5) is 0 Å². The van der Waals surface area contributed by atoms with Gasteiger partial charge in [-0.1, -0.05) is 140 Å². The van der Waals surface area contributed by atoms with Crippen molar-refractivity contribution in [3.8, 4) is 56.2 Å². The van der Waals surface area contributed by atoms with Crippen molar-refractivity contribution in [2.24, 2.45) is 0 Å². The minimum atomic E-state index is 0.723. The fourth-order valence-electron chi connectivity index (χ4n) is 7.10. The summed E-state index contributed by atoms with van der Waals surface area (Å²) in [6.07, 6.45) is 0. The standard InChI is InChI=1S/C46H28N2S2/c1-3-12-29(13-4-1)31-22-24-33(39(26-31)30-14-5-2-6-15-30)40-28-41(38-19-11-18-37-35-17-8-10-21-43(35)50-45(37)38)48-46(47-40)32-23-25-36-34-16-7-9-20-42(34)49-44(36)27-32/h1-28H. The van der Waals surface area contributed by atoms with Crippen molar-refractivity contribution < 1.29 is 0 Å². The van der Waals surface area contributed by atoms with Gasteiger partial charge in [-0.05, 0) is 52.6 Å². The van der Waals surface area contributed by atoms with E-state index in [-0.39, 0.29) is 0 Å². The van der Waals surface area contributed by atoms with Gasteiger partial charge in [0.25, 0.3) is 0 Å². The lowest BCUT2D eigenvalue weighted by atomic mass is 9.92. The van der Waals surface area contributed by atoms with Crippen LogP contribution in [0.3, 0.4) is 0 Å². The molecule has 0 saturated heterocycles. The molecular formula is C46H28N2S2. The summed E-state index contributed by atoms with van der Waals surface area (Å²) in [6, 6.07) is 60.7. The molecule has 3 heterocycles. The zero-order valence-electron chi connectivity index (χ0n) is 26.9. The van der Waals surface area contributed by atoms with Gasteiger partial charge in [0, 0.05) is 57.0 Å². The van der Waals surface area contributed by atoms with E-state index in [0.29, 0.717) is 0 Å². The third-order valence-corrected chi connectivity index (χ3v) is 11.9. The number of hydrogen-bond acceptors (Lipinski definition) is 4. The highest BCUT2D eigenvalue weighted by molar-refractivity contribution is 7.26.